The van der Waals surface area contributed by atoms with Crippen LogP contribution in [0, 0.1) is 13.8 Å². The van der Waals surface area contributed by atoms with E-state index in [1.165, 1.54) is 0 Å². The summed E-state index contributed by atoms with van der Waals surface area (Å²) in [6, 6.07) is 9.93. The summed E-state index contributed by atoms with van der Waals surface area (Å²) in [5, 5.41) is 9.35. The second-order valence-electron chi connectivity index (χ2n) is 6.42. The maximum Gasteiger partial charge on any atom is 0.307 e. The van der Waals surface area contributed by atoms with Gasteiger partial charge in [0.05, 0.1) is 6.42 Å². The number of fused-ring (bicyclic) bond motifs is 1. The molecule has 0 radical (unpaired) electrons. The Balaban J connectivity index is 2.13. The molecule has 0 atom stereocenters. The number of aliphatic carboxylic acids is 1. The van der Waals surface area contributed by atoms with Gasteiger partial charge in [0.25, 0.3) is 0 Å². The summed E-state index contributed by atoms with van der Waals surface area (Å²) in [4.78, 5) is 24.3. The molecule has 25 heavy (non-hydrogen) atoms. The van der Waals surface area contributed by atoms with Crippen LogP contribution in [0.4, 0.5) is 0 Å². The van der Waals surface area contributed by atoms with Gasteiger partial charge in [-0.05, 0) is 52.8 Å². The molecule has 1 aliphatic heterocycles. The van der Waals surface area contributed by atoms with Crippen LogP contribution in [-0.2, 0) is 29.1 Å². The van der Waals surface area contributed by atoms with Crippen LogP contribution in [-0.4, -0.2) is 22.4 Å². The number of carbonyl (C=O) groups excluding carboxylic acids is 1. The van der Waals surface area contributed by atoms with Gasteiger partial charge in [0.2, 0.25) is 6.41 Å². The summed E-state index contributed by atoms with van der Waals surface area (Å²) in [5.41, 5.74) is 7.15. The average Bonchev–Trinajstić information content (AvgIpc) is 3.04. The minimum Gasteiger partial charge on any atom is -0.481 e. The number of hydrogen-bond acceptors (Lipinski definition) is 2. The van der Waals surface area contributed by atoms with E-state index < -0.39 is 5.97 Å². The Kier molecular flexibility index (Phi) is 4.70. The highest BCUT2D eigenvalue weighted by Gasteiger charge is 2.26. The van der Waals surface area contributed by atoms with E-state index in [2.05, 4.69) is 0 Å². The zero-order valence-electron chi connectivity index (χ0n) is 14.5. The highest BCUT2D eigenvalue weighted by Crippen LogP contribution is 2.34. The van der Waals surface area contributed by atoms with E-state index in [0.717, 1.165) is 45.4 Å². The van der Waals surface area contributed by atoms with Crippen LogP contribution in [0.5, 0.6) is 0 Å². The lowest BCUT2D eigenvalue weighted by molar-refractivity contribution is -0.136. The molecule has 0 spiro atoms. The predicted octanol–water partition coefficient (Wildman–Crippen LogP) is 3.57. The van der Waals surface area contributed by atoms with Crippen molar-refractivity contribution in [2.75, 3.05) is 0 Å². The van der Waals surface area contributed by atoms with Gasteiger partial charge >= 0.3 is 5.97 Å². The van der Waals surface area contributed by atoms with Crippen molar-refractivity contribution in [1.82, 2.24) is 4.90 Å². The summed E-state index contributed by atoms with van der Waals surface area (Å²) < 4.78 is 0. The standard InChI is InChI=1S/C21H21NO3/c1-14-17(9-8-16-6-4-3-5-7-16)18(10-21(24)25)15(2)20-12-22(13-23)11-19(14)20/h3-9,13H,10-12H2,1-2H3,(H,24,25)/b9-8-. The number of hydrogen-bond donors (Lipinski definition) is 1. The molecule has 2 aromatic carbocycles. The zero-order chi connectivity index (χ0) is 18.0. The maximum atomic E-state index is 11.4. The number of carboxylic acid groups (broad SMARTS) is 1. The molecule has 4 heteroatoms. The third-order valence-corrected chi connectivity index (χ3v) is 4.89. The minimum absolute atomic E-state index is 0.0183. The molecular formula is C21H21NO3. The number of carbonyl (C=O) groups is 2. The Morgan fingerprint density at radius 2 is 1.72 bits per heavy atom. The molecule has 3 rings (SSSR count). The fraction of sp³-hybridized carbons (Fsp3) is 0.238. The molecule has 0 fully saturated rings. The molecule has 0 aliphatic carbocycles. The highest BCUT2D eigenvalue weighted by molar-refractivity contribution is 5.80. The van der Waals surface area contributed by atoms with Crippen LogP contribution in [0.3, 0.4) is 0 Å². The second kappa shape index (κ2) is 6.93. The van der Waals surface area contributed by atoms with Gasteiger partial charge in [-0.2, -0.15) is 0 Å². The van der Waals surface area contributed by atoms with Crippen LogP contribution in [0.2, 0.25) is 0 Å². The van der Waals surface area contributed by atoms with Crippen LogP contribution < -0.4 is 0 Å². The molecule has 1 N–H and O–H groups in total. The maximum absolute atomic E-state index is 11.4. The lowest BCUT2D eigenvalue weighted by Crippen LogP contribution is -2.13. The molecule has 1 aliphatic rings. The van der Waals surface area contributed by atoms with Crippen molar-refractivity contribution in [1.29, 1.82) is 0 Å². The van der Waals surface area contributed by atoms with Gasteiger partial charge in [0, 0.05) is 13.1 Å². The lowest BCUT2D eigenvalue weighted by atomic mass is 9.87. The Morgan fingerprint density at radius 3 is 2.32 bits per heavy atom. The first kappa shape index (κ1) is 17.0. The van der Waals surface area contributed by atoms with Gasteiger partial charge in [-0.3, -0.25) is 9.59 Å². The van der Waals surface area contributed by atoms with Gasteiger partial charge in [0.1, 0.15) is 0 Å². The molecule has 0 saturated heterocycles. The molecule has 4 nitrogen and oxygen atoms in total. The molecule has 1 amide bonds. The topological polar surface area (TPSA) is 57.6 Å². The molecule has 0 unspecified atom stereocenters. The van der Waals surface area contributed by atoms with Crippen LogP contribution in [0.1, 0.15) is 38.9 Å². The predicted molar refractivity (Wildman–Crippen MR) is 97.9 cm³/mol. The van der Waals surface area contributed by atoms with E-state index in [1.807, 2.05) is 56.3 Å². The molecule has 0 aromatic heterocycles. The van der Waals surface area contributed by atoms with Crippen molar-refractivity contribution < 1.29 is 14.7 Å². The molecule has 0 bridgehead atoms. The fourth-order valence-corrected chi connectivity index (χ4v) is 3.54. The SMILES string of the molecule is Cc1c(/C=C\c2ccccc2)c(CC(=O)O)c(C)c2c1CN(C=O)C2. The largest absolute Gasteiger partial charge is 0.481 e. The summed E-state index contributed by atoms with van der Waals surface area (Å²) in [6.07, 6.45) is 4.84. The molecular weight excluding hydrogens is 314 g/mol. The van der Waals surface area contributed by atoms with Crippen molar-refractivity contribution >= 4 is 24.5 Å². The summed E-state index contributed by atoms with van der Waals surface area (Å²) in [7, 11) is 0. The van der Waals surface area contributed by atoms with E-state index >= 15 is 0 Å². The smallest absolute Gasteiger partial charge is 0.307 e. The Morgan fingerprint density at radius 1 is 1.08 bits per heavy atom. The highest BCUT2D eigenvalue weighted by atomic mass is 16.4. The average molecular weight is 335 g/mol. The number of nitrogens with zero attached hydrogens (tertiary/aromatic N) is 1. The molecule has 2 aromatic rings. The van der Waals surface area contributed by atoms with Crippen molar-refractivity contribution in [2.45, 2.75) is 33.4 Å². The van der Waals surface area contributed by atoms with Gasteiger partial charge < -0.3 is 10.0 Å². The molecule has 0 saturated carbocycles. The van der Waals surface area contributed by atoms with Crippen molar-refractivity contribution in [3.05, 3.63) is 69.3 Å². The van der Waals surface area contributed by atoms with E-state index in [1.54, 1.807) is 4.90 Å². The van der Waals surface area contributed by atoms with E-state index in [4.69, 9.17) is 0 Å². The number of benzene rings is 2. The van der Waals surface area contributed by atoms with Gasteiger partial charge in [-0.25, -0.2) is 0 Å². The number of carboxylic acids is 1. The first-order chi connectivity index (χ1) is 12.0. The Hall–Kier alpha value is -2.88. The monoisotopic (exact) mass is 335 g/mol. The van der Waals surface area contributed by atoms with Crippen LogP contribution >= 0.6 is 0 Å². The number of amides is 1. The van der Waals surface area contributed by atoms with Gasteiger partial charge in [-0.15, -0.1) is 0 Å². The molecule has 128 valence electrons. The lowest BCUT2D eigenvalue weighted by Gasteiger charge is -2.17. The third-order valence-electron chi connectivity index (χ3n) is 4.89. The Labute approximate surface area is 147 Å². The fourth-order valence-electron chi connectivity index (χ4n) is 3.54. The first-order valence-electron chi connectivity index (χ1n) is 8.29. The van der Waals surface area contributed by atoms with Crippen LogP contribution in [0.15, 0.2) is 30.3 Å². The zero-order valence-corrected chi connectivity index (χ0v) is 14.5. The number of rotatable bonds is 5. The normalized spacial score (nSPS) is 13.3. The van der Waals surface area contributed by atoms with E-state index in [-0.39, 0.29) is 6.42 Å². The van der Waals surface area contributed by atoms with E-state index in [9.17, 15) is 14.7 Å². The summed E-state index contributed by atoms with van der Waals surface area (Å²) >= 11 is 0. The van der Waals surface area contributed by atoms with Crippen LogP contribution in [0.25, 0.3) is 12.2 Å². The van der Waals surface area contributed by atoms with Crippen molar-refractivity contribution in [3.8, 4) is 0 Å². The minimum atomic E-state index is -0.845. The Bertz CT molecular complexity index is 853. The second-order valence-corrected chi connectivity index (χ2v) is 6.42. The summed E-state index contributed by atoms with van der Waals surface area (Å²) in [5.74, 6) is -0.845. The first-order valence-corrected chi connectivity index (χ1v) is 8.29. The van der Waals surface area contributed by atoms with Gasteiger partial charge in [0.15, 0.2) is 0 Å². The van der Waals surface area contributed by atoms with Crippen molar-refractivity contribution in [2.24, 2.45) is 0 Å². The third kappa shape index (κ3) is 3.33. The summed E-state index contributed by atoms with van der Waals surface area (Å²) in [6.45, 7) is 5.12. The van der Waals surface area contributed by atoms with E-state index in [0.29, 0.717) is 13.1 Å². The van der Waals surface area contributed by atoms with Gasteiger partial charge in [-0.1, -0.05) is 42.5 Å². The molecule has 1 heterocycles. The quantitative estimate of drug-likeness (QED) is 0.671. The van der Waals surface area contributed by atoms with Crippen molar-refractivity contribution in [3.63, 3.8) is 0 Å².